The number of nitrogens with one attached hydrogen (secondary N) is 4. The molecule has 156 valence electrons. The van der Waals surface area contributed by atoms with E-state index in [1.165, 1.54) is 6.20 Å². The number of hydrogen-bond acceptors (Lipinski definition) is 7. The zero-order chi connectivity index (χ0) is 21.3. The highest BCUT2D eigenvalue weighted by Gasteiger charge is 2.19. The average Bonchev–Trinajstić information content (AvgIpc) is 3.25. The van der Waals surface area contributed by atoms with Crippen LogP contribution in [-0.2, 0) is 9.59 Å². The van der Waals surface area contributed by atoms with Crippen molar-refractivity contribution in [2.45, 2.75) is 12.5 Å². The molecule has 9 nitrogen and oxygen atoms in total. The quantitative estimate of drug-likeness (QED) is 0.382. The Balaban J connectivity index is 1.55. The van der Waals surface area contributed by atoms with Crippen molar-refractivity contribution in [3.05, 3.63) is 71.8 Å². The van der Waals surface area contributed by atoms with Crippen LogP contribution in [0.4, 0.5) is 5.69 Å². The van der Waals surface area contributed by atoms with Gasteiger partial charge in [-0.2, -0.15) is 0 Å². The third-order valence-corrected chi connectivity index (χ3v) is 4.92. The van der Waals surface area contributed by atoms with Crippen molar-refractivity contribution in [1.29, 1.82) is 0 Å². The molecular formula is C20H21N5O4S. The van der Waals surface area contributed by atoms with Gasteiger partial charge in [0.15, 0.2) is 0 Å². The third kappa shape index (κ3) is 6.24. The van der Waals surface area contributed by atoms with E-state index in [0.717, 1.165) is 17.1 Å². The van der Waals surface area contributed by atoms with Gasteiger partial charge < -0.3 is 25.8 Å². The van der Waals surface area contributed by atoms with Gasteiger partial charge in [-0.15, -0.1) is 0 Å². The maximum Gasteiger partial charge on any atom is 0.305 e. The molecule has 0 saturated carbocycles. The molecule has 1 aliphatic rings. The molecule has 1 atom stereocenters. The third-order valence-electron chi connectivity index (χ3n) is 4.18. The normalized spacial score (nSPS) is 13.5. The van der Waals surface area contributed by atoms with Crippen LogP contribution in [-0.4, -0.2) is 40.2 Å². The highest BCUT2D eigenvalue weighted by Crippen LogP contribution is 2.18. The smallest absolute Gasteiger partial charge is 0.305 e. The number of carboxylic acids is 1. The van der Waals surface area contributed by atoms with Gasteiger partial charge >= 0.3 is 5.97 Å². The van der Waals surface area contributed by atoms with Crippen molar-refractivity contribution >= 4 is 35.4 Å². The number of carbonyl (C=O) groups is 3. The molecule has 2 aromatic rings. The number of benzene rings is 1. The lowest BCUT2D eigenvalue weighted by molar-refractivity contribution is -0.137. The van der Waals surface area contributed by atoms with Crippen LogP contribution < -0.4 is 20.7 Å². The van der Waals surface area contributed by atoms with E-state index in [-0.39, 0.29) is 13.0 Å². The van der Waals surface area contributed by atoms with E-state index in [0.29, 0.717) is 11.1 Å². The lowest BCUT2D eigenvalue weighted by atomic mass is 10.1. The van der Waals surface area contributed by atoms with Gasteiger partial charge in [0.2, 0.25) is 5.91 Å². The first-order chi connectivity index (χ1) is 14.5. The summed E-state index contributed by atoms with van der Waals surface area (Å²) < 4.78 is 3.03. The zero-order valence-corrected chi connectivity index (χ0v) is 16.7. The van der Waals surface area contributed by atoms with E-state index < -0.39 is 23.8 Å². The predicted molar refractivity (Wildman–Crippen MR) is 113 cm³/mol. The fourth-order valence-corrected chi connectivity index (χ4v) is 3.41. The Hall–Kier alpha value is -3.53. The topological polar surface area (TPSA) is 132 Å². The Labute approximate surface area is 177 Å². The molecule has 2 amide bonds. The van der Waals surface area contributed by atoms with E-state index in [2.05, 4.69) is 25.7 Å². The maximum atomic E-state index is 12.4. The first-order valence-corrected chi connectivity index (χ1v) is 10.1. The van der Waals surface area contributed by atoms with E-state index in [9.17, 15) is 14.4 Å². The van der Waals surface area contributed by atoms with Crippen molar-refractivity contribution in [3.63, 3.8) is 0 Å². The van der Waals surface area contributed by atoms with Crippen molar-refractivity contribution in [3.8, 4) is 0 Å². The van der Waals surface area contributed by atoms with Crippen molar-refractivity contribution in [2.24, 2.45) is 0 Å². The van der Waals surface area contributed by atoms with Gasteiger partial charge in [0, 0.05) is 35.5 Å². The van der Waals surface area contributed by atoms with Crippen molar-refractivity contribution < 1.29 is 19.5 Å². The van der Waals surface area contributed by atoms with Crippen LogP contribution in [0.3, 0.4) is 0 Å². The number of rotatable bonds is 9. The number of hydrogen-bond donors (Lipinski definition) is 5. The number of aromatic nitrogens is 1. The molecule has 0 radical (unpaired) electrons. The van der Waals surface area contributed by atoms with Crippen LogP contribution in [0.1, 0.15) is 28.4 Å². The molecule has 1 unspecified atom stereocenters. The Kier molecular flexibility index (Phi) is 7.28. The fourth-order valence-electron chi connectivity index (χ4n) is 2.79. The standard InChI is InChI=1S/C20H21N5O4S/c26-18(25-17(8-19(27)28)14-4-2-6-21-9-14)11-22-20(29)13-3-1-5-15(7-13)24-16-10-23-30-12-16/h1-7,9-10,17,23-24H,8,11-12H2,(H,22,29)(H,25,26)(H,27,28). The monoisotopic (exact) mass is 427 g/mol. The van der Waals surface area contributed by atoms with Gasteiger partial charge in [0.25, 0.3) is 5.91 Å². The summed E-state index contributed by atoms with van der Waals surface area (Å²) in [4.78, 5) is 39.8. The van der Waals surface area contributed by atoms with E-state index in [1.807, 2.05) is 12.3 Å². The molecule has 0 spiro atoms. The Morgan fingerprint density at radius 2 is 2.10 bits per heavy atom. The van der Waals surface area contributed by atoms with Gasteiger partial charge in [-0.25, -0.2) is 0 Å². The fraction of sp³-hybridized carbons (Fsp3) is 0.200. The minimum Gasteiger partial charge on any atom is -0.481 e. The molecule has 0 bridgehead atoms. The average molecular weight is 427 g/mol. The van der Waals surface area contributed by atoms with Gasteiger partial charge in [0.05, 0.1) is 24.8 Å². The second-order valence-electron chi connectivity index (χ2n) is 6.47. The summed E-state index contributed by atoms with van der Waals surface area (Å²) in [6, 6.07) is 9.55. The predicted octanol–water partition coefficient (Wildman–Crippen LogP) is 1.65. The minimum absolute atomic E-state index is 0.279. The molecule has 1 aromatic carbocycles. The number of carboxylic acid groups (broad SMARTS) is 1. The molecule has 3 rings (SSSR count). The van der Waals surface area contributed by atoms with Gasteiger partial charge in [-0.3, -0.25) is 19.4 Å². The first kappa shape index (κ1) is 21.2. The first-order valence-electron chi connectivity index (χ1n) is 9.14. The molecule has 30 heavy (non-hydrogen) atoms. The summed E-state index contributed by atoms with van der Waals surface area (Å²) in [6.07, 6.45) is 4.63. The second-order valence-corrected chi connectivity index (χ2v) is 7.28. The maximum absolute atomic E-state index is 12.4. The van der Waals surface area contributed by atoms with Crippen molar-refractivity contribution in [1.82, 2.24) is 20.3 Å². The minimum atomic E-state index is -1.05. The summed E-state index contributed by atoms with van der Waals surface area (Å²) in [5.41, 5.74) is 2.74. The van der Waals surface area contributed by atoms with E-state index >= 15 is 0 Å². The van der Waals surface area contributed by atoms with E-state index in [1.54, 1.807) is 48.5 Å². The highest BCUT2D eigenvalue weighted by atomic mass is 32.2. The molecule has 2 heterocycles. The Morgan fingerprint density at radius 1 is 1.23 bits per heavy atom. The van der Waals surface area contributed by atoms with Gasteiger partial charge in [0.1, 0.15) is 0 Å². The molecule has 1 aromatic heterocycles. The number of pyridine rings is 1. The lowest BCUT2D eigenvalue weighted by Gasteiger charge is -2.17. The summed E-state index contributed by atoms with van der Waals surface area (Å²) in [5, 5.41) is 17.5. The number of amides is 2. The number of carbonyl (C=O) groups excluding carboxylic acids is 2. The van der Waals surface area contributed by atoms with E-state index in [4.69, 9.17) is 5.11 Å². The van der Waals surface area contributed by atoms with Crippen LogP contribution in [0.5, 0.6) is 0 Å². The number of anilines is 1. The van der Waals surface area contributed by atoms with Crippen molar-refractivity contribution in [2.75, 3.05) is 17.6 Å². The van der Waals surface area contributed by atoms with Crippen LogP contribution in [0.2, 0.25) is 0 Å². The summed E-state index contributed by atoms with van der Waals surface area (Å²) in [6.45, 7) is -0.279. The lowest BCUT2D eigenvalue weighted by Crippen LogP contribution is -2.39. The van der Waals surface area contributed by atoms with Crippen LogP contribution in [0.25, 0.3) is 0 Å². The zero-order valence-electron chi connectivity index (χ0n) is 15.9. The summed E-state index contributed by atoms with van der Waals surface area (Å²) in [7, 11) is 0. The summed E-state index contributed by atoms with van der Waals surface area (Å²) in [5.74, 6) is -1.15. The molecule has 0 fully saturated rings. The number of aliphatic carboxylic acids is 1. The Morgan fingerprint density at radius 3 is 2.80 bits per heavy atom. The Bertz CT molecular complexity index is 951. The number of nitrogens with zero attached hydrogens (tertiary/aromatic N) is 1. The van der Waals surface area contributed by atoms with Crippen LogP contribution >= 0.6 is 11.9 Å². The molecule has 0 saturated heterocycles. The SMILES string of the molecule is O=C(O)CC(NC(=O)CNC(=O)c1cccc(NC2=CNSC2)c1)c1cccnc1. The van der Waals surface area contributed by atoms with Crippen LogP contribution in [0, 0.1) is 0 Å². The molecule has 0 aliphatic carbocycles. The molecule has 1 aliphatic heterocycles. The molecule has 10 heteroatoms. The summed E-state index contributed by atoms with van der Waals surface area (Å²) >= 11 is 1.56. The molecular weight excluding hydrogens is 406 g/mol. The molecule has 5 N–H and O–H groups in total. The van der Waals surface area contributed by atoms with Gasteiger partial charge in [-0.05, 0) is 41.8 Å². The van der Waals surface area contributed by atoms with Crippen LogP contribution in [0.15, 0.2) is 60.7 Å². The van der Waals surface area contributed by atoms with Gasteiger partial charge in [-0.1, -0.05) is 12.1 Å². The largest absolute Gasteiger partial charge is 0.481 e. The highest BCUT2D eigenvalue weighted by molar-refractivity contribution is 7.97. The second kappa shape index (κ2) is 10.3.